The van der Waals surface area contributed by atoms with Gasteiger partial charge in [0.1, 0.15) is 5.75 Å². The summed E-state index contributed by atoms with van der Waals surface area (Å²) in [6.45, 7) is 6.48. The summed E-state index contributed by atoms with van der Waals surface area (Å²) in [5, 5.41) is 6.63. The average molecular weight is 570 g/mol. The quantitative estimate of drug-likeness (QED) is 0.148. The molecule has 0 spiro atoms. The fourth-order valence-electron chi connectivity index (χ4n) is 3.04. The van der Waals surface area contributed by atoms with Crippen molar-refractivity contribution in [2.45, 2.75) is 33.2 Å². The Hall–Kier alpha value is -2.69. The van der Waals surface area contributed by atoms with Gasteiger partial charge in [-0.05, 0) is 62.1 Å². The van der Waals surface area contributed by atoms with Crippen LogP contribution >= 0.6 is 24.0 Å². The zero-order valence-corrected chi connectivity index (χ0v) is 21.9. The van der Waals surface area contributed by atoms with E-state index in [9.17, 15) is 4.79 Å². The number of halogens is 1. The van der Waals surface area contributed by atoms with E-state index in [0.29, 0.717) is 18.9 Å². The van der Waals surface area contributed by atoms with Gasteiger partial charge in [-0.25, -0.2) is 4.99 Å². The van der Waals surface area contributed by atoms with E-state index in [0.717, 1.165) is 49.0 Å². The second-order valence-corrected chi connectivity index (χ2v) is 7.05. The van der Waals surface area contributed by atoms with Crippen LogP contribution in [0.3, 0.4) is 0 Å². The molecule has 0 aliphatic rings. The SMILES string of the molecule is CCNC(=NCc1cccc(OCC(N)=O)c1)NCCCc1ccc(OC)c(OCC)c1.I. The maximum Gasteiger partial charge on any atom is 0.255 e. The van der Waals surface area contributed by atoms with Crippen LogP contribution in [0.1, 0.15) is 31.4 Å². The van der Waals surface area contributed by atoms with E-state index in [1.165, 1.54) is 5.56 Å². The van der Waals surface area contributed by atoms with Crippen molar-refractivity contribution >= 4 is 35.8 Å². The molecule has 0 aliphatic heterocycles. The van der Waals surface area contributed by atoms with Crippen molar-refractivity contribution in [3.05, 3.63) is 53.6 Å². The molecule has 1 amide bonds. The van der Waals surface area contributed by atoms with Gasteiger partial charge < -0.3 is 30.6 Å². The molecule has 8 nitrogen and oxygen atoms in total. The molecule has 182 valence electrons. The van der Waals surface area contributed by atoms with Crippen molar-refractivity contribution in [2.24, 2.45) is 10.7 Å². The Labute approximate surface area is 213 Å². The van der Waals surface area contributed by atoms with Crippen molar-refractivity contribution in [3.8, 4) is 17.2 Å². The monoisotopic (exact) mass is 570 g/mol. The normalized spacial score (nSPS) is 10.7. The van der Waals surface area contributed by atoms with Gasteiger partial charge in [-0.15, -0.1) is 24.0 Å². The van der Waals surface area contributed by atoms with Crippen molar-refractivity contribution in [2.75, 3.05) is 33.4 Å². The number of nitrogens with one attached hydrogen (secondary N) is 2. The first kappa shape index (κ1) is 28.3. The van der Waals surface area contributed by atoms with E-state index < -0.39 is 5.91 Å². The maximum absolute atomic E-state index is 10.9. The van der Waals surface area contributed by atoms with Crippen molar-refractivity contribution < 1.29 is 19.0 Å². The fraction of sp³-hybridized carbons (Fsp3) is 0.417. The smallest absolute Gasteiger partial charge is 0.255 e. The second-order valence-electron chi connectivity index (χ2n) is 7.05. The Morgan fingerprint density at radius 1 is 1.03 bits per heavy atom. The van der Waals surface area contributed by atoms with Crippen LogP contribution in [0.5, 0.6) is 17.2 Å². The zero-order chi connectivity index (χ0) is 23.2. The highest BCUT2D eigenvalue weighted by Gasteiger charge is 2.06. The molecule has 2 aromatic carbocycles. The van der Waals surface area contributed by atoms with Crippen molar-refractivity contribution in [1.82, 2.24) is 10.6 Å². The number of aliphatic imine (C=N–C) groups is 1. The molecule has 0 radical (unpaired) electrons. The number of carbonyl (C=O) groups excluding carboxylic acids is 1. The van der Waals surface area contributed by atoms with Crippen LogP contribution in [-0.4, -0.2) is 45.3 Å². The third-order valence-electron chi connectivity index (χ3n) is 4.51. The predicted molar refractivity (Wildman–Crippen MR) is 142 cm³/mol. The largest absolute Gasteiger partial charge is 0.493 e. The first-order chi connectivity index (χ1) is 15.5. The number of hydrogen-bond donors (Lipinski definition) is 3. The van der Waals surface area contributed by atoms with Crippen LogP contribution in [0.15, 0.2) is 47.5 Å². The van der Waals surface area contributed by atoms with Crippen LogP contribution < -0.4 is 30.6 Å². The molecule has 0 atom stereocenters. The number of carbonyl (C=O) groups is 1. The van der Waals surface area contributed by atoms with Gasteiger partial charge >= 0.3 is 0 Å². The highest BCUT2D eigenvalue weighted by atomic mass is 127. The minimum atomic E-state index is -0.504. The van der Waals surface area contributed by atoms with E-state index >= 15 is 0 Å². The van der Waals surface area contributed by atoms with Crippen molar-refractivity contribution in [3.63, 3.8) is 0 Å². The van der Waals surface area contributed by atoms with Gasteiger partial charge in [-0.1, -0.05) is 18.2 Å². The lowest BCUT2D eigenvalue weighted by Gasteiger charge is -2.13. The first-order valence-corrected chi connectivity index (χ1v) is 10.9. The van der Waals surface area contributed by atoms with E-state index in [1.807, 2.05) is 44.2 Å². The van der Waals surface area contributed by atoms with Crippen LogP contribution in [-0.2, 0) is 17.8 Å². The molecule has 0 aliphatic carbocycles. The summed E-state index contributed by atoms with van der Waals surface area (Å²) in [6.07, 6.45) is 1.86. The molecule has 0 bridgehead atoms. The number of benzene rings is 2. The Morgan fingerprint density at radius 3 is 2.55 bits per heavy atom. The Morgan fingerprint density at radius 2 is 1.85 bits per heavy atom. The Kier molecular flexibility index (Phi) is 13.7. The number of aryl methyl sites for hydroxylation is 1. The minimum Gasteiger partial charge on any atom is -0.493 e. The maximum atomic E-state index is 10.9. The number of nitrogens with zero attached hydrogens (tertiary/aromatic N) is 1. The Bertz CT molecular complexity index is 893. The number of amides is 1. The lowest BCUT2D eigenvalue weighted by Crippen LogP contribution is -2.37. The molecule has 0 saturated carbocycles. The molecule has 0 heterocycles. The number of rotatable bonds is 13. The molecule has 0 fully saturated rings. The molecule has 2 rings (SSSR count). The third-order valence-corrected chi connectivity index (χ3v) is 4.51. The van der Waals surface area contributed by atoms with Crippen molar-refractivity contribution in [1.29, 1.82) is 0 Å². The Balaban J connectivity index is 0.00000544. The number of methoxy groups -OCH3 is 1. The van der Waals surface area contributed by atoms with E-state index in [4.69, 9.17) is 19.9 Å². The summed E-state index contributed by atoms with van der Waals surface area (Å²) in [5.74, 6) is 2.37. The minimum absolute atomic E-state index is 0. The molecule has 9 heteroatoms. The number of hydrogen-bond acceptors (Lipinski definition) is 5. The lowest BCUT2D eigenvalue weighted by molar-refractivity contribution is -0.119. The number of nitrogens with two attached hydrogens (primary N) is 1. The average Bonchev–Trinajstić information content (AvgIpc) is 2.79. The van der Waals surface area contributed by atoms with Gasteiger partial charge in [0.05, 0.1) is 20.3 Å². The third kappa shape index (κ3) is 10.6. The molecule has 0 saturated heterocycles. The van der Waals surface area contributed by atoms with Crippen LogP contribution in [0.4, 0.5) is 0 Å². The van der Waals surface area contributed by atoms with Gasteiger partial charge in [-0.3, -0.25) is 4.79 Å². The van der Waals surface area contributed by atoms with E-state index in [-0.39, 0.29) is 30.6 Å². The van der Waals surface area contributed by atoms with Gasteiger partial charge in [0, 0.05) is 13.1 Å². The highest BCUT2D eigenvalue weighted by Crippen LogP contribution is 2.28. The number of ether oxygens (including phenoxy) is 3. The second kappa shape index (κ2) is 16.0. The molecular weight excluding hydrogens is 535 g/mol. The van der Waals surface area contributed by atoms with Gasteiger partial charge in [-0.2, -0.15) is 0 Å². The summed E-state index contributed by atoms with van der Waals surface area (Å²) in [5.41, 5.74) is 7.30. The standard InChI is InChI=1S/C24H34N4O4.HI/c1-4-26-24(28-16-19-8-6-10-20(14-19)32-17-23(25)29)27-13-7-9-18-11-12-21(30-3)22(15-18)31-5-2;/h6,8,10-12,14-15H,4-5,7,9,13,16-17H2,1-3H3,(H2,25,29)(H2,26,27,28);1H. The number of primary amides is 1. The summed E-state index contributed by atoms with van der Waals surface area (Å²) in [4.78, 5) is 15.5. The summed E-state index contributed by atoms with van der Waals surface area (Å²) >= 11 is 0. The zero-order valence-electron chi connectivity index (χ0n) is 19.6. The van der Waals surface area contributed by atoms with E-state index in [2.05, 4.69) is 21.7 Å². The van der Waals surface area contributed by atoms with E-state index in [1.54, 1.807) is 13.2 Å². The molecular formula is C24H35IN4O4. The van der Waals surface area contributed by atoms with Gasteiger partial charge in [0.15, 0.2) is 24.1 Å². The summed E-state index contributed by atoms with van der Waals surface area (Å²) in [7, 11) is 1.65. The molecule has 2 aromatic rings. The molecule has 0 unspecified atom stereocenters. The van der Waals surface area contributed by atoms with Gasteiger partial charge in [0.2, 0.25) is 0 Å². The summed E-state index contributed by atoms with van der Waals surface area (Å²) in [6, 6.07) is 13.5. The fourth-order valence-corrected chi connectivity index (χ4v) is 3.04. The topological polar surface area (TPSA) is 107 Å². The number of guanidine groups is 1. The summed E-state index contributed by atoms with van der Waals surface area (Å²) < 4.78 is 16.3. The van der Waals surface area contributed by atoms with Crippen LogP contribution in [0.25, 0.3) is 0 Å². The predicted octanol–water partition coefficient (Wildman–Crippen LogP) is 3.26. The molecule has 4 N–H and O–H groups in total. The van der Waals surface area contributed by atoms with Gasteiger partial charge in [0.25, 0.3) is 5.91 Å². The molecule has 0 aromatic heterocycles. The van der Waals surface area contributed by atoms with Crippen LogP contribution in [0, 0.1) is 0 Å². The van der Waals surface area contributed by atoms with Crippen LogP contribution in [0.2, 0.25) is 0 Å². The first-order valence-electron chi connectivity index (χ1n) is 10.9. The lowest BCUT2D eigenvalue weighted by atomic mass is 10.1. The highest BCUT2D eigenvalue weighted by molar-refractivity contribution is 14.0. The molecule has 33 heavy (non-hydrogen) atoms.